The molecule has 6 nitrogen and oxygen atoms in total. The molecule has 0 spiro atoms. The number of phenols is 1. The van der Waals surface area contributed by atoms with Gasteiger partial charge in [0.2, 0.25) is 0 Å². The molecule has 0 fully saturated rings. The lowest BCUT2D eigenvalue weighted by Gasteiger charge is -2.08. The first-order chi connectivity index (χ1) is 16.9. The van der Waals surface area contributed by atoms with E-state index >= 15 is 0 Å². The molecule has 0 heterocycles. The third-order valence-corrected chi connectivity index (χ3v) is 6.43. The summed E-state index contributed by atoms with van der Waals surface area (Å²) in [7, 11) is 0. The highest BCUT2D eigenvalue weighted by Crippen LogP contribution is 2.23. The number of carbonyl (C=O) groups excluding carboxylic acids is 1. The van der Waals surface area contributed by atoms with Gasteiger partial charge in [-0.1, -0.05) is 123 Å². The Bertz CT molecular complexity index is 677. The molecule has 1 aromatic rings. The lowest BCUT2D eigenvalue weighted by Crippen LogP contribution is -2.51. The molecule has 1 rings (SSSR count). The highest BCUT2D eigenvalue weighted by atomic mass is 16.7. The van der Waals surface area contributed by atoms with Gasteiger partial charge in [0, 0.05) is 0 Å². The van der Waals surface area contributed by atoms with Crippen molar-refractivity contribution in [2.24, 2.45) is 5.92 Å². The van der Waals surface area contributed by atoms with E-state index in [0.717, 1.165) is 44.1 Å². The van der Waals surface area contributed by atoms with Crippen LogP contribution < -0.4 is 5.90 Å². The Kier molecular flexibility index (Phi) is 21.1. The normalized spacial score (nSPS) is 11.4. The van der Waals surface area contributed by atoms with Gasteiger partial charge in [0.05, 0.1) is 5.92 Å². The number of aromatic hydroxyl groups is 1. The van der Waals surface area contributed by atoms with Gasteiger partial charge in [0.25, 0.3) is 0 Å². The third-order valence-electron chi connectivity index (χ3n) is 6.43. The molecule has 0 aromatic heterocycles. The highest BCUT2D eigenvalue weighted by molar-refractivity contribution is 5.93. The lowest BCUT2D eigenvalue weighted by molar-refractivity contribution is -0.653. The number of carboxylic acid groups (broad SMARTS) is 1. The van der Waals surface area contributed by atoms with E-state index in [2.05, 4.69) is 24.6 Å². The molecule has 6 heteroatoms. The summed E-state index contributed by atoms with van der Waals surface area (Å²) >= 11 is 0. The Morgan fingerprint density at radius 2 is 1.31 bits per heavy atom. The summed E-state index contributed by atoms with van der Waals surface area (Å²) in [5.74, 6) is 1.73. The van der Waals surface area contributed by atoms with Gasteiger partial charge in [0.1, 0.15) is 11.3 Å². The first-order valence-corrected chi connectivity index (χ1v) is 13.9. The van der Waals surface area contributed by atoms with Crippen LogP contribution in [-0.4, -0.2) is 22.2 Å². The zero-order valence-corrected chi connectivity index (χ0v) is 22.7. The van der Waals surface area contributed by atoms with Gasteiger partial charge >= 0.3 is 11.9 Å². The predicted octanol–water partition coefficient (Wildman–Crippen LogP) is 7.24. The highest BCUT2D eigenvalue weighted by Gasteiger charge is 2.18. The summed E-state index contributed by atoms with van der Waals surface area (Å²) in [5, 5.41) is 18.3. The smallest absolute Gasteiger partial charge is 0.401 e. The number of carboxylic acids is 1. The zero-order valence-electron chi connectivity index (χ0n) is 22.7. The number of hydrogen-bond acceptors (Lipinski definition) is 4. The molecular formula is C29H52NO5+. The Morgan fingerprint density at radius 1 is 0.829 bits per heavy atom. The number of rotatable bonds is 19. The van der Waals surface area contributed by atoms with Crippen LogP contribution >= 0.6 is 0 Å². The van der Waals surface area contributed by atoms with Crippen LogP contribution in [0.3, 0.4) is 0 Å². The summed E-state index contributed by atoms with van der Waals surface area (Å²) < 4.78 is 0. The van der Waals surface area contributed by atoms with E-state index in [9.17, 15) is 14.7 Å². The minimum Gasteiger partial charge on any atom is -0.507 e. The number of aliphatic carboxylic acids is 1. The van der Waals surface area contributed by atoms with Crippen molar-refractivity contribution in [2.45, 2.75) is 130 Å². The zero-order chi connectivity index (χ0) is 26.3. The van der Waals surface area contributed by atoms with Crippen LogP contribution in [0.2, 0.25) is 0 Å². The third kappa shape index (κ3) is 17.1. The van der Waals surface area contributed by atoms with Crippen molar-refractivity contribution in [3.05, 3.63) is 29.3 Å². The Hall–Kier alpha value is -2.08. The van der Waals surface area contributed by atoms with Crippen molar-refractivity contribution < 1.29 is 30.5 Å². The van der Waals surface area contributed by atoms with E-state index in [-0.39, 0.29) is 17.2 Å². The van der Waals surface area contributed by atoms with Gasteiger partial charge < -0.3 is 10.2 Å². The minimum atomic E-state index is -0.677. The van der Waals surface area contributed by atoms with Gasteiger partial charge in [-0.15, -0.1) is 0 Å². The number of quaternary nitrogens is 1. The quantitative estimate of drug-likeness (QED) is 0.139. The van der Waals surface area contributed by atoms with E-state index < -0.39 is 11.9 Å². The molecule has 0 aliphatic rings. The first-order valence-electron chi connectivity index (χ1n) is 13.9. The molecule has 0 saturated heterocycles. The van der Waals surface area contributed by atoms with Gasteiger partial charge in [-0.2, -0.15) is 5.90 Å². The van der Waals surface area contributed by atoms with E-state index in [4.69, 9.17) is 5.11 Å². The standard InChI is InChI=1S/C22H37NO3.C7H14O2/c1-2-3-4-5-6-7-8-9-10-11-12-13-14-16-19-17-15-18-20(24)21(19)22(25)26-23;1-3-4-5-6(2)7(8)9/h15,17-18H,2-14,16H2,1,23H3;6H,3-5H2,1-2H3,(H,8,9)/p+1. The van der Waals surface area contributed by atoms with E-state index in [0.29, 0.717) is 0 Å². The van der Waals surface area contributed by atoms with Crippen LogP contribution in [0.15, 0.2) is 18.2 Å². The van der Waals surface area contributed by atoms with Crippen LogP contribution in [-0.2, 0) is 16.1 Å². The SMILES string of the molecule is CCCCC(C)C(=O)O.CCCCCCCCCCCCCCCc1cccc(O)c1C(=O)O[NH3+]. The summed E-state index contributed by atoms with van der Waals surface area (Å²) in [5.41, 5.74) is 1.11. The lowest BCUT2D eigenvalue weighted by atomic mass is 9.99. The van der Waals surface area contributed by atoms with Crippen molar-refractivity contribution in [1.82, 2.24) is 0 Å². The molecule has 1 atom stereocenters. The molecule has 0 saturated carbocycles. The second kappa shape index (κ2) is 22.4. The molecule has 0 amide bonds. The maximum absolute atomic E-state index is 11.7. The molecular weight excluding hydrogens is 442 g/mol. The summed E-state index contributed by atoms with van der Waals surface area (Å²) in [6, 6.07) is 5.17. The van der Waals surface area contributed by atoms with Gasteiger partial charge in [-0.05, 0) is 30.9 Å². The molecule has 0 aliphatic heterocycles. The molecule has 1 aromatic carbocycles. The van der Waals surface area contributed by atoms with Gasteiger partial charge in [-0.25, -0.2) is 4.79 Å². The molecule has 5 N–H and O–H groups in total. The average molecular weight is 495 g/mol. The first kappa shape index (κ1) is 32.9. The predicted molar refractivity (Wildman–Crippen MR) is 142 cm³/mol. The Balaban J connectivity index is 0.00000109. The molecule has 35 heavy (non-hydrogen) atoms. The number of phenolic OH excluding ortho intramolecular Hbond substituents is 1. The number of benzene rings is 1. The van der Waals surface area contributed by atoms with Crippen molar-refractivity contribution in [3.8, 4) is 5.75 Å². The Morgan fingerprint density at radius 3 is 1.77 bits per heavy atom. The maximum Gasteiger partial charge on any atom is 0.401 e. The number of hydrogen-bond donors (Lipinski definition) is 3. The van der Waals surface area contributed by atoms with Crippen molar-refractivity contribution >= 4 is 11.9 Å². The number of unbranched alkanes of at least 4 members (excludes halogenated alkanes) is 13. The van der Waals surface area contributed by atoms with E-state index in [1.165, 1.54) is 76.7 Å². The largest absolute Gasteiger partial charge is 0.507 e. The van der Waals surface area contributed by atoms with Crippen LogP contribution in [0.5, 0.6) is 5.75 Å². The van der Waals surface area contributed by atoms with E-state index in [1.54, 1.807) is 13.0 Å². The number of aryl methyl sites for hydroxylation is 1. The van der Waals surface area contributed by atoms with Crippen LogP contribution in [0.4, 0.5) is 0 Å². The molecule has 0 aliphatic carbocycles. The van der Waals surface area contributed by atoms with E-state index in [1.807, 2.05) is 6.07 Å². The average Bonchev–Trinajstić information content (AvgIpc) is 2.85. The topological polar surface area (TPSA) is 111 Å². The second-order valence-electron chi connectivity index (χ2n) is 9.62. The van der Waals surface area contributed by atoms with Crippen molar-refractivity contribution in [1.29, 1.82) is 0 Å². The molecule has 0 bridgehead atoms. The van der Waals surface area contributed by atoms with Crippen molar-refractivity contribution in [3.63, 3.8) is 0 Å². The van der Waals surface area contributed by atoms with Crippen LogP contribution in [0, 0.1) is 5.92 Å². The Labute approximate surface area is 213 Å². The van der Waals surface area contributed by atoms with Crippen molar-refractivity contribution in [2.75, 3.05) is 0 Å². The summed E-state index contributed by atoms with van der Waals surface area (Å²) in [4.78, 5) is 26.5. The fraction of sp³-hybridized carbons (Fsp3) is 0.724. The molecule has 202 valence electrons. The summed E-state index contributed by atoms with van der Waals surface area (Å²) in [6.45, 7) is 6.08. The van der Waals surface area contributed by atoms with Gasteiger partial charge in [0.15, 0.2) is 0 Å². The summed E-state index contributed by atoms with van der Waals surface area (Å²) in [6.07, 6.45) is 20.8. The monoisotopic (exact) mass is 494 g/mol. The minimum absolute atomic E-state index is 0.0224. The fourth-order valence-corrected chi connectivity index (χ4v) is 4.07. The van der Waals surface area contributed by atoms with Crippen LogP contribution in [0.1, 0.15) is 139 Å². The fourth-order valence-electron chi connectivity index (χ4n) is 4.07. The molecule has 0 radical (unpaired) electrons. The number of carbonyl (C=O) groups is 2. The maximum atomic E-state index is 11.7. The second-order valence-corrected chi connectivity index (χ2v) is 9.62. The van der Waals surface area contributed by atoms with Crippen LogP contribution in [0.25, 0.3) is 0 Å². The molecule has 1 unspecified atom stereocenters. The van der Waals surface area contributed by atoms with Gasteiger partial charge in [-0.3, -0.25) is 9.63 Å².